The average molecular weight is 406 g/mol. The van der Waals surface area contributed by atoms with E-state index in [4.69, 9.17) is 4.74 Å². The highest BCUT2D eigenvalue weighted by Crippen LogP contribution is 2.35. The third-order valence-corrected chi connectivity index (χ3v) is 6.05. The Bertz CT molecular complexity index is 830. The highest BCUT2D eigenvalue weighted by Gasteiger charge is 2.38. The van der Waals surface area contributed by atoms with Crippen LogP contribution in [0.5, 0.6) is 5.75 Å². The molecule has 1 fully saturated rings. The maximum Gasteiger partial charge on any atom is 0.239 e. The maximum absolute atomic E-state index is 14.1. The molecule has 1 aliphatic heterocycles. The first-order valence-corrected chi connectivity index (χ1v) is 9.95. The predicted molar refractivity (Wildman–Crippen MR) is 107 cm³/mol. The van der Waals surface area contributed by atoms with Crippen LogP contribution in [-0.4, -0.2) is 54.7 Å². The lowest BCUT2D eigenvalue weighted by Crippen LogP contribution is -2.42. The molecule has 2 atom stereocenters. The van der Waals surface area contributed by atoms with Crippen LogP contribution in [0.2, 0.25) is 0 Å². The molecule has 7 heteroatoms. The summed E-state index contributed by atoms with van der Waals surface area (Å²) >= 11 is 1.69. The Hall–Kier alpha value is -2.12. The van der Waals surface area contributed by atoms with Crippen LogP contribution >= 0.6 is 11.8 Å². The number of carbonyl (C=O) groups excluding carboxylic acids is 1. The van der Waals surface area contributed by atoms with Gasteiger partial charge in [-0.1, -0.05) is 0 Å². The fourth-order valence-corrected chi connectivity index (χ4v) is 4.63. The minimum absolute atomic E-state index is 0.0188. The van der Waals surface area contributed by atoms with Crippen molar-refractivity contribution in [3.8, 4) is 5.75 Å². The van der Waals surface area contributed by atoms with Gasteiger partial charge in [0.05, 0.1) is 13.2 Å². The van der Waals surface area contributed by atoms with Gasteiger partial charge in [0.2, 0.25) is 5.91 Å². The Morgan fingerprint density at radius 2 is 1.93 bits per heavy atom. The van der Waals surface area contributed by atoms with E-state index in [1.54, 1.807) is 37.9 Å². The van der Waals surface area contributed by atoms with Crippen molar-refractivity contribution in [2.75, 3.05) is 27.7 Å². The lowest BCUT2D eigenvalue weighted by atomic mass is 10.1. The molecule has 0 unspecified atom stereocenters. The molecule has 2 aromatic rings. The molecule has 0 spiro atoms. The molecule has 3 rings (SSSR count). The van der Waals surface area contributed by atoms with E-state index in [1.165, 1.54) is 6.07 Å². The summed E-state index contributed by atoms with van der Waals surface area (Å²) in [6, 6.07) is 10.9. The number of likely N-dealkylation sites (tertiary alicyclic amines) is 1. The van der Waals surface area contributed by atoms with Crippen LogP contribution in [0.3, 0.4) is 0 Å². The van der Waals surface area contributed by atoms with Crippen molar-refractivity contribution in [2.24, 2.45) is 0 Å². The van der Waals surface area contributed by atoms with Gasteiger partial charge in [-0.2, -0.15) is 0 Å². The fourth-order valence-electron chi connectivity index (χ4n) is 3.41. The zero-order chi connectivity index (χ0) is 20.3. The maximum atomic E-state index is 14.1. The van der Waals surface area contributed by atoms with E-state index in [0.717, 1.165) is 22.8 Å². The standard InChI is InChI=1S/C21H24F2N2O2S/c1-24(2)21(26)20-11-18(28-17-7-5-16(27-3)6-8-17)13-25(20)12-14-10-15(22)4-9-19(14)23/h4-10,18,20H,11-13H2,1-3H3/t18-,20+/m1/s1. The molecule has 150 valence electrons. The Labute approximate surface area is 168 Å². The number of likely N-dealkylation sites (N-methyl/N-ethyl adjacent to an activating group) is 1. The topological polar surface area (TPSA) is 32.8 Å². The predicted octanol–water partition coefficient (Wildman–Crippen LogP) is 3.80. The van der Waals surface area contributed by atoms with Crippen LogP contribution < -0.4 is 4.74 Å². The van der Waals surface area contributed by atoms with Gasteiger partial charge >= 0.3 is 0 Å². The molecule has 1 saturated heterocycles. The van der Waals surface area contributed by atoms with Gasteiger partial charge in [0.15, 0.2) is 0 Å². The third-order valence-electron chi connectivity index (χ3n) is 4.83. The van der Waals surface area contributed by atoms with Crippen LogP contribution in [0, 0.1) is 11.6 Å². The number of ether oxygens (including phenoxy) is 1. The minimum Gasteiger partial charge on any atom is -0.497 e. The number of hydrogen-bond acceptors (Lipinski definition) is 4. The summed E-state index contributed by atoms with van der Waals surface area (Å²) in [6.07, 6.45) is 0.657. The molecule has 0 saturated carbocycles. The van der Waals surface area contributed by atoms with E-state index in [0.29, 0.717) is 13.0 Å². The number of amides is 1. The van der Waals surface area contributed by atoms with Crippen LogP contribution in [-0.2, 0) is 11.3 Å². The number of carbonyl (C=O) groups is 1. The minimum atomic E-state index is -0.477. The third kappa shape index (κ3) is 4.83. The highest BCUT2D eigenvalue weighted by atomic mass is 32.2. The van der Waals surface area contributed by atoms with Gasteiger partial charge in [0.1, 0.15) is 17.4 Å². The normalized spacial score (nSPS) is 19.6. The second kappa shape index (κ2) is 8.92. The number of methoxy groups -OCH3 is 1. The van der Waals surface area contributed by atoms with Crippen molar-refractivity contribution in [3.05, 3.63) is 59.7 Å². The van der Waals surface area contributed by atoms with Gasteiger partial charge in [-0.3, -0.25) is 9.69 Å². The van der Waals surface area contributed by atoms with E-state index >= 15 is 0 Å². The van der Waals surface area contributed by atoms with Gasteiger partial charge in [0, 0.05) is 42.9 Å². The number of rotatable bonds is 6. The quantitative estimate of drug-likeness (QED) is 0.731. The van der Waals surface area contributed by atoms with E-state index in [1.807, 2.05) is 29.2 Å². The van der Waals surface area contributed by atoms with Gasteiger partial charge in [0.25, 0.3) is 0 Å². The molecule has 0 aliphatic carbocycles. The lowest BCUT2D eigenvalue weighted by molar-refractivity contribution is -0.133. The smallest absolute Gasteiger partial charge is 0.239 e. The summed E-state index contributed by atoms with van der Waals surface area (Å²) in [6.45, 7) is 0.824. The second-order valence-corrected chi connectivity index (χ2v) is 8.44. The summed E-state index contributed by atoms with van der Waals surface area (Å²) in [4.78, 5) is 17.3. The zero-order valence-corrected chi connectivity index (χ0v) is 17.0. The molecule has 28 heavy (non-hydrogen) atoms. The molecule has 1 heterocycles. The summed E-state index contributed by atoms with van der Waals surface area (Å²) in [5.41, 5.74) is 0.270. The summed E-state index contributed by atoms with van der Waals surface area (Å²) < 4.78 is 32.9. The van der Waals surface area contributed by atoms with E-state index < -0.39 is 11.6 Å². The molecule has 2 aromatic carbocycles. The average Bonchev–Trinajstić information content (AvgIpc) is 3.06. The first-order chi connectivity index (χ1) is 13.4. The Kier molecular flexibility index (Phi) is 6.57. The van der Waals surface area contributed by atoms with E-state index in [-0.39, 0.29) is 29.3 Å². The van der Waals surface area contributed by atoms with E-state index in [9.17, 15) is 13.6 Å². The second-order valence-electron chi connectivity index (χ2n) is 7.06. The van der Waals surface area contributed by atoms with Crippen LogP contribution in [0.15, 0.2) is 47.4 Å². The first kappa shape index (κ1) is 20.6. The van der Waals surface area contributed by atoms with Crippen LogP contribution in [0.1, 0.15) is 12.0 Å². The van der Waals surface area contributed by atoms with Gasteiger partial charge in [-0.05, 0) is 48.9 Å². The summed E-state index contributed by atoms with van der Waals surface area (Å²) in [5, 5.41) is 0.180. The molecule has 0 aromatic heterocycles. The van der Waals surface area contributed by atoms with Gasteiger partial charge < -0.3 is 9.64 Å². The number of benzene rings is 2. The number of thioether (sulfide) groups is 1. The Morgan fingerprint density at radius 1 is 1.21 bits per heavy atom. The SMILES string of the molecule is COc1ccc(S[C@@H]2C[C@@H](C(=O)N(C)C)N(Cc3cc(F)ccc3F)C2)cc1. The molecule has 0 bridgehead atoms. The number of hydrogen-bond donors (Lipinski definition) is 0. The highest BCUT2D eigenvalue weighted by molar-refractivity contribution is 8.00. The van der Waals surface area contributed by atoms with E-state index in [2.05, 4.69) is 0 Å². The summed E-state index contributed by atoms with van der Waals surface area (Å²) in [7, 11) is 5.06. The fraction of sp³-hybridized carbons (Fsp3) is 0.381. The van der Waals surface area contributed by atoms with Crippen molar-refractivity contribution >= 4 is 17.7 Å². The van der Waals surface area contributed by atoms with Crippen molar-refractivity contribution in [2.45, 2.75) is 29.2 Å². The zero-order valence-electron chi connectivity index (χ0n) is 16.2. The Morgan fingerprint density at radius 3 is 2.57 bits per heavy atom. The van der Waals surface area contributed by atoms with Crippen molar-refractivity contribution in [1.29, 1.82) is 0 Å². The molecular weight excluding hydrogens is 382 g/mol. The molecule has 0 N–H and O–H groups in total. The Balaban J connectivity index is 1.76. The molecule has 4 nitrogen and oxygen atoms in total. The monoisotopic (exact) mass is 406 g/mol. The molecule has 0 radical (unpaired) electrons. The number of halogens is 2. The molecule has 1 amide bonds. The van der Waals surface area contributed by atoms with Crippen LogP contribution in [0.25, 0.3) is 0 Å². The van der Waals surface area contributed by atoms with Crippen LogP contribution in [0.4, 0.5) is 8.78 Å². The van der Waals surface area contributed by atoms with Gasteiger partial charge in [-0.25, -0.2) is 8.78 Å². The van der Waals surface area contributed by atoms with Crippen molar-refractivity contribution < 1.29 is 18.3 Å². The molecular formula is C21H24F2N2O2S. The van der Waals surface area contributed by atoms with Gasteiger partial charge in [-0.15, -0.1) is 11.8 Å². The number of nitrogens with zero attached hydrogens (tertiary/aromatic N) is 2. The lowest BCUT2D eigenvalue weighted by Gasteiger charge is -2.26. The largest absolute Gasteiger partial charge is 0.497 e. The van der Waals surface area contributed by atoms with Crippen molar-refractivity contribution in [1.82, 2.24) is 9.80 Å². The first-order valence-electron chi connectivity index (χ1n) is 9.07. The molecule has 1 aliphatic rings. The van der Waals surface area contributed by atoms with Crippen molar-refractivity contribution in [3.63, 3.8) is 0 Å². The summed E-state index contributed by atoms with van der Waals surface area (Å²) in [5.74, 6) is -0.159.